The van der Waals surface area contributed by atoms with Gasteiger partial charge in [0.25, 0.3) is 0 Å². The molecule has 0 bridgehead atoms. The van der Waals surface area contributed by atoms with E-state index in [2.05, 4.69) is 14.7 Å². The van der Waals surface area contributed by atoms with E-state index in [1.165, 1.54) is 18.3 Å². The molecule has 0 unspecified atom stereocenters. The number of nitrogens with zero attached hydrogens (tertiary/aromatic N) is 2. The number of aromatic nitrogens is 2. The van der Waals surface area contributed by atoms with Crippen LogP contribution in [0.15, 0.2) is 48.8 Å². The van der Waals surface area contributed by atoms with Crippen molar-refractivity contribution in [3.63, 3.8) is 0 Å². The first-order chi connectivity index (χ1) is 14.7. The molecule has 3 rings (SSSR count). The summed E-state index contributed by atoms with van der Waals surface area (Å²) in [5, 5.41) is -0.116. The maximum atomic E-state index is 15.0. The van der Waals surface area contributed by atoms with Crippen LogP contribution in [0.4, 0.5) is 15.9 Å². The van der Waals surface area contributed by atoms with Crippen molar-refractivity contribution in [1.29, 1.82) is 0 Å². The van der Waals surface area contributed by atoms with E-state index in [0.29, 0.717) is 23.2 Å². The van der Waals surface area contributed by atoms with Gasteiger partial charge in [-0.3, -0.25) is 14.5 Å². The van der Waals surface area contributed by atoms with Crippen LogP contribution in [0.1, 0.15) is 29.3 Å². The average Bonchev–Trinajstić information content (AvgIpc) is 2.72. The van der Waals surface area contributed by atoms with Crippen molar-refractivity contribution in [2.75, 3.05) is 16.2 Å². The van der Waals surface area contributed by atoms with E-state index in [-0.39, 0.29) is 28.7 Å². The molecule has 3 N–H and O–H groups in total. The summed E-state index contributed by atoms with van der Waals surface area (Å²) in [6.07, 6.45) is 3.17. The minimum Gasteiger partial charge on any atom is -0.383 e. The van der Waals surface area contributed by atoms with E-state index >= 15 is 0 Å². The van der Waals surface area contributed by atoms with Crippen LogP contribution in [0.2, 0.25) is 5.02 Å². The van der Waals surface area contributed by atoms with Gasteiger partial charge in [0.05, 0.1) is 27.7 Å². The predicted molar refractivity (Wildman–Crippen MR) is 119 cm³/mol. The van der Waals surface area contributed by atoms with Gasteiger partial charge in [0.1, 0.15) is 5.82 Å². The number of sulfonamides is 1. The van der Waals surface area contributed by atoms with Gasteiger partial charge in [0.15, 0.2) is 11.6 Å². The molecular weight excluding hydrogens is 443 g/mol. The van der Waals surface area contributed by atoms with Gasteiger partial charge in [-0.15, -0.1) is 0 Å². The molecule has 0 aliphatic rings. The van der Waals surface area contributed by atoms with Crippen LogP contribution in [0.25, 0.3) is 11.3 Å². The second-order valence-corrected chi connectivity index (χ2v) is 9.05. The van der Waals surface area contributed by atoms with Crippen molar-refractivity contribution in [2.45, 2.75) is 19.8 Å². The van der Waals surface area contributed by atoms with E-state index in [9.17, 15) is 17.6 Å². The normalized spacial score (nSPS) is 11.3. The first-order valence-corrected chi connectivity index (χ1v) is 11.4. The zero-order valence-electron chi connectivity index (χ0n) is 16.6. The smallest absolute Gasteiger partial charge is 0.232 e. The summed E-state index contributed by atoms with van der Waals surface area (Å²) in [4.78, 5) is 21.2. The molecule has 0 saturated heterocycles. The first kappa shape index (κ1) is 22.6. The fourth-order valence-corrected chi connectivity index (χ4v) is 4.37. The Balaban J connectivity index is 1.91. The molecule has 162 valence electrons. The van der Waals surface area contributed by atoms with E-state index in [4.69, 9.17) is 17.3 Å². The molecule has 0 fully saturated rings. The van der Waals surface area contributed by atoms with Gasteiger partial charge in [0.2, 0.25) is 10.0 Å². The number of carbonyl (C=O) groups excluding carboxylic acids is 1. The largest absolute Gasteiger partial charge is 0.383 e. The van der Waals surface area contributed by atoms with E-state index in [0.717, 1.165) is 0 Å². The summed E-state index contributed by atoms with van der Waals surface area (Å²) >= 11 is 6.06. The molecule has 10 heteroatoms. The first-order valence-electron chi connectivity index (χ1n) is 9.39. The molecule has 0 radical (unpaired) electrons. The third kappa shape index (κ3) is 5.36. The van der Waals surface area contributed by atoms with Gasteiger partial charge in [0, 0.05) is 24.4 Å². The quantitative estimate of drug-likeness (QED) is 0.487. The van der Waals surface area contributed by atoms with Crippen LogP contribution in [0.3, 0.4) is 0 Å². The Bertz CT molecular complexity index is 1220. The number of carbonyl (C=O) groups is 1. The van der Waals surface area contributed by atoms with Gasteiger partial charge in [-0.25, -0.2) is 17.8 Å². The summed E-state index contributed by atoms with van der Waals surface area (Å²) in [6.45, 7) is 1.69. The standard InChI is InChI=1S/C21H20ClFN4O3S/c1-2-9-31(29,30)27-17-7-6-15(22)19(20(17)23)18(28)11-13-10-14(21(24)26-12-13)16-5-3-4-8-25-16/h3-8,10,12,27H,2,9,11H2,1H3,(H2,24,26). The van der Waals surface area contributed by atoms with Gasteiger partial charge in [-0.1, -0.05) is 24.6 Å². The molecule has 0 saturated carbocycles. The molecule has 31 heavy (non-hydrogen) atoms. The van der Waals surface area contributed by atoms with Crippen molar-refractivity contribution in [3.8, 4) is 11.3 Å². The number of rotatable bonds is 8. The Hall–Kier alpha value is -3.04. The highest BCUT2D eigenvalue weighted by atomic mass is 35.5. The Morgan fingerprint density at radius 3 is 2.68 bits per heavy atom. The van der Waals surface area contributed by atoms with E-state index < -0.39 is 27.2 Å². The molecule has 0 atom stereocenters. The molecule has 0 amide bonds. The van der Waals surface area contributed by atoms with Gasteiger partial charge in [-0.05, 0) is 42.3 Å². The lowest BCUT2D eigenvalue weighted by Gasteiger charge is -2.12. The number of ketones is 1. The second kappa shape index (κ2) is 9.40. The van der Waals surface area contributed by atoms with Crippen molar-refractivity contribution in [1.82, 2.24) is 9.97 Å². The zero-order valence-corrected chi connectivity index (χ0v) is 18.2. The Morgan fingerprint density at radius 2 is 2.00 bits per heavy atom. The number of benzene rings is 1. The van der Waals surface area contributed by atoms with E-state index in [1.807, 2.05) is 0 Å². The predicted octanol–water partition coefficient (Wildman–Crippen LogP) is 4.10. The minimum absolute atomic E-state index is 0.116. The van der Waals surface area contributed by atoms with Crippen molar-refractivity contribution >= 4 is 38.9 Å². The molecule has 0 aliphatic carbocycles. The van der Waals surface area contributed by atoms with Crippen LogP contribution in [0.5, 0.6) is 0 Å². The number of nitrogens with two attached hydrogens (primary N) is 1. The second-order valence-electron chi connectivity index (χ2n) is 6.80. The number of hydrogen-bond donors (Lipinski definition) is 2. The van der Waals surface area contributed by atoms with Crippen LogP contribution in [-0.4, -0.2) is 29.9 Å². The molecular formula is C21H20ClFN4O3S. The SMILES string of the molecule is CCCS(=O)(=O)Nc1ccc(Cl)c(C(=O)Cc2cnc(N)c(-c3ccccn3)c2)c1F. The Labute approximate surface area is 184 Å². The summed E-state index contributed by atoms with van der Waals surface area (Å²) in [6, 6.07) is 9.42. The Kier molecular flexibility index (Phi) is 6.87. The van der Waals surface area contributed by atoms with E-state index in [1.54, 1.807) is 37.4 Å². The van der Waals surface area contributed by atoms with Gasteiger partial charge < -0.3 is 5.73 Å². The van der Waals surface area contributed by atoms with Crippen molar-refractivity contribution in [3.05, 3.63) is 70.8 Å². The lowest BCUT2D eigenvalue weighted by molar-refractivity contribution is 0.0989. The number of halogens is 2. The van der Waals surface area contributed by atoms with Crippen LogP contribution >= 0.6 is 11.6 Å². The third-order valence-corrected chi connectivity index (χ3v) is 6.18. The van der Waals surface area contributed by atoms with Crippen LogP contribution in [0, 0.1) is 5.82 Å². The fraction of sp³-hybridized carbons (Fsp3) is 0.190. The summed E-state index contributed by atoms with van der Waals surface area (Å²) < 4.78 is 41.1. The minimum atomic E-state index is -3.74. The van der Waals surface area contributed by atoms with Crippen LogP contribution < -0.4 is 10.5 Å². The monoisotopic (exact) mass is 462 g/mol. The lowest BCUT2D eigenvalue weighted by Crippen LogP contribution is -2.18. The third-order valence-electron chi connectivity index (χ3n) is 4.39. The molecule has 3 aromatic rings. The number of nitrogen functional groups attached to an aromatic ring is 1. The number of hydrogen-bond acceptors (Lipinski definition) is 6. The summed E-state index contributed by atoms with van der Waals surface area (Å²) in [5.74, 6) is -1.58. The number of anilines is 2. The highest BCUT2D eigenvalue weighted by Gasteiger charge is 2.22. The van der Waals surface area contributed by atoms with Gasteiger partial charge >= 0.3 is 0 Å². The summed E-state index contributed by atoms with van der Waals surface area (Å²) in [5.41, 5.74) is 6.81. The highest BCUT2D eigenvalue weighted by Crippen LogP contribution is 2.29. The van der Waals surface area contributed by atoms with Crippen LogP contribution in [-0.2, 0) is 16.4 Å². The van der Waals surface area contributed by atoms with Gasteiger partial charge in [-0.2, -0.15) is 0 Å². The number of pyridine rings is 2. The number of nitrogens with one attached hydrogen (secondary N) is 1. The maximum absolute atomic E-state index is 15.0. The molecule has 7 nitrogen and oxygen atoms in total. The Morgan fingerprint density at radius 1 is 1.23 bits per heavy atom. The average molecular weight is 463 g/mol. The molecule has 1 aromatic carbocycles. The maximum Gasteiger partial charge on any atom is 0.232 e. The van der Waals surface area contributed by atoms with Crippen molar-refractivity contribution in [2.24, 2.45) is 0 Å². The molecule has 0 aliphatic heterocycles. The summed E-state index contributed by atoms with van der Waals surface area (Å²) in [7, 11) is -3.74. The number of Topliss-reactive ketones (excluding diaryl/α,β-unsaturated/α-hetero) is 1. The zero-order chi connectivity index (χ0) is 22.6. The topological polar surface area (TPSA) is 115 Å². The molecule has 2 aromatic heterocycles. The fourth-order valence-electron chi connectivity index (χ4n) is 2.99. The molecule has 2 heterocycles. The van der Waals surface area contributed by atoms with Crippen molar-refractivity contribution < 1.29 is 17.6 Å². The molecule has 0 spiro atoms. The lowest BCUT2D eigenvalue weighted by atomic mass is 10.0. The highest BCUT2D eigenvalue weighted by molar-refractivity contribution is 7.92.